The van der Waals surface area contributed by atoms with Gasteiger partial charge in [0.15, 0.2) is 11.7 Å². The number of halogens is 3. The fourth-order valence-corrected chi connectivity index (χ4v) is 3.62. The van der Waals surface area contributed by atoms with Crippen molar-refractivity contribution in [3.63, 3.8) is 0 Å². The van der Waals surface area contributed by atoms with Gasteiger partial charge in [-0.1, -0.05) is 44.2 Å². The number of cyclic esters (lactones) is 1. The Labute approximate surface area is 187 Å². The fraction of sp³-hybridized carbons (Fsp3) is 0.364. The molecule has 1 fully saturated rings. The minimum atomic E-state index is -4.71. The van der Waals surface area contributed by atoms with Gasteiger partial charge in [0.25, 0.3) is 5.91 Å². The number of nitrogens with zero attached hydrogens (tertiary/aromatic N) is 4. The van der Waals surface area contributed by atoms with Crippen molar-refractivity contribution in [2.45, 2.75) is 39.1 Å². The summed E-state index contributed by atoms with van der Waals surface area (Å²) < 4.78 is 47.8. The van der Waals surface area contributed by atoms with Gasteiger partial charge < -0.3 is 10.1 Å². The highest BCUT2D eigenvalue weighted by Gasteiger charge is 2.42. The fourth-order valence-electron chi connectivity index (χ4n) is 3.62. The highest BCUT2D eigenvalue weighted by molar-refractivity contribution is 6.00. The highest BCUT2D eigenvalue weighted by atomic mass is 19.4. The molecule has 0 radical (unpaired) electrons. The largest absolute Gasteiger partial charge is 0.444 e. The summed E-state index contributed by atoms with van der Waals surface area (Å²) in [6, 6.07) is 6.50. The van der Waals surface area contributed by atoms with Crippen LogP contribution in [0.5, 0.6) is 0 Å². The number of hydrogen-bond acceptors (Lipinski definition) is 5. The first-order chi connectivity index (χ1) is 15.6. The number of carbonyl (C=O) groups is 2. The minimum absolute atomic E-state index is 0.0392. The number of rotatable bonds is 5. The van der Waals surface area contributed by atoms with Gasteiger partial charge in [-0.2, -0.15) is 18.3 Å². The van der Waals surface area contributed by atoms with Crippen LogP contribution >= 0.6 is 0 Å². The third kappa shape index (κ3) is 4.35. The zero-order chi connectivity index (χ0) is 23.9. The molecular weight excluding hydrogens is 439 g/mol. The molecule has 2 unspecified atom stereocenters. The predicted molar refractivity (Wildman–Crippen MR) is 113 cm³/mol. The van der Waals surface area contributed by atoms with Crippen LogP contribution in [0.4, 0.5) is 23.8 Å². The molecule has 3 aromatic rings. The average Bonchev–Trinajstić information content (AvgIpc) is 3.35. The molecule has 174 valence electrons. The summed E-state index contributed by atoms with van der Waals surface area (Å²) in [7, 11) is 0. The van der Waals surface area contributed by atoms with E-state index in [2.05, 4.69) is 10.1 Å². The zero-order valence-electron chi connectivity index (χ0n) is 18.1. The predicted octanol–water partition coefficient (Wildman–Crippen LogP) is 4.05. The van der Waals surface area contributed by atoms with E-state index in [1.807, 2.05) is 19.2 Å². The van der Waals surface area contributed by atoms with E-state index in [4.69, 9.17) is 4.74 Å². The Morgan fingerprint density at radius 2 is 1.94 bits per heavy atom. The van der Waals surface area contributed by atoms with Gasteiger partial charge in [0, 0.05) is 11.8 Å². The molecule has 2 aromatic heterocycles. The van der Waals surface area contributed by atoms with Gasteiger partial charge >= 0.3 is 12.3 Å². The van der Waals surface area contributed by atoms with E-state index >= 15 is 0 Å². The number of ether oxygens (including phenoxy) is 1. The van der Waals surface area contributed by atoms with E-state index in [1.54, 1.807) is 19.1 Å². The second kappa shape index (κ2) is 8.38. The number of aryl methyl sites for hydroxylation is 1. The van der Waals surface area contributed by atoms with Crippen molar-refractivity contribution >= 4 is 23.5 Å². The molecule has 4 rings (SSSR count). The molecule has 1 aliphatic rings. The van der Waals surface area contributed by atoms with Crippen molar-refractivity contribution in [2.24, 2.45) is 5.92 Å². The van der Waals surface area contributed by atoms with E-state index in [0.717, 1.165) is 6.20 Å². The number of benzene rings is 1. The molecule has 8 nitrogen and oxygen atoms in total. The van der Waals surface area contributed by atoms with E-state index in [0.29, 0.717) is 5.69 Å². The summed E-state index contributed by atoms with van der Waals surface area (Å²) in [5.74, 6) is -0.653. The van der Waals surface area contributed by atoms with Gasteiger partial charge in [0.1, 0.15) is 17.5 Å². The molecule has 1 aromatic carbocycles. The van der Waals surface area contributed by atoms with Crippen LogP contribution in [0.2, 0.25) is 0 Å². The maximum absolute atomic E-state index is 13.7. The smallest absolute Gasteiger partial charge is 0.415 e. The Bertz CT molecular complexity index is 1190. The van der Waals surface area contributed by atoms with Gasteiger partial charge in [-0.3, -0.25) is 9.69 Å². The molecule has 1 saturated heterocycles. The van der Waals surface area contributed by atoms with Crippen LogP contribution in [0.1, 0.15) is 41.5 Å². The molecule has 0 aliphatic carbocycles. The van der Waals surface area contributed by atoms with Crippen LogP contribution in [0.25, 0.3) is 5.65 Å². The maximum atomic E-state index is 13.7. The molecule has 2 amide bonds. The van der Waals surface area contributed by atoms with Gasteiger partial charge in [-0.15, -0.1) is 0 Å². The number of aromatic nitrogens is 3. The monoisotopic (exact) mass is 461 g/mol. The quantitative estimate of drug-likeness (QED) is 0.619. The summed E-state index contributed by atoms with van der Waals surface area (Å²) in [6.45, 7) is 5.81. The van der Waals surface area contributed by atoms with Crippen molar-refractivity contribution in [3.05, 3.63) is 59.4 Å². The van der Waals surface area contributed by atoms with Crippen molar-refractivity contribution < 1.29 is 27.5 Å². The summed E-state index contributed by atoms with van der Waals surface area (Å²) in [5, 5.41) is 6.13. The third-order valence-electron chi connectivity index (χ3n) is 5.47. The van der Waals surface area contributed by atoms with E-state index in [-0.39, 0.29) is 41.2 Å². The average molecular weight is 461 g/mol. The molecule has 0 saturated carbocycles. The van der Waals surface area contributed by atoms with Crippen molar-refractivity contribution in [1.29, 1.82) is 0 Å². The molecule has 0 bridgehead atoms. The summed E-state index contributed by atoms with van der Waals surface area (Å²) in [5.41, 5.74) is 0.347. The standard InChI is InChI=1S/C22H22F3N5O3/c1-12(2)16-11-29(21(32)33-16)17-9-13(3)30-19(27-17)15(10-26-30)20(31)28-18(22(23,24)25)14-7-5-4-6-8-14/h4-10,12,16,18H,11H2,1-3H3,(H,28,31). The number of fused-ring (bicyclic) bond motifs is 1. The first-order valence-electron chi connectivity index (χ1n) is 10.3. The van der Waals surface area contributed by atoms with Crippen molar-refractivity contribution in [2.75, 3.05) is 11.4 Å². The molecule has 33 heavy (non-hydrogen) atoms. The Morgan fingerprint density at radius 3 is 2.55 bits per heavy atom. The lowest BCUT2D eigenvalue weighted by molar-refractivity contribution is -0.155. The Hall–Kier alpha value is -3.63. The lowest BCUT2D eigenvalue weighted by atomic mass is 10.1. The van der Waals surface area contributed by atoms with Gasteiger partial charge in [0.05, 0.1) is 12.7 Å². The molecule has 11 heteroatoms. The second-order valence-electron chi connectivity index (χ2n) is 8.18. The minimum Gasteiger partial charge on any atom is -0.444 e. The molecule has 3 heterocycles. The lowest BCUT2D eigenvalue weighted by Gasteiger charge is -2.22. The maximum Gasteiger partial charge on any atom is 0.415 e. The third-order valence-corrected chi connectivity index (χ3v) is 5.47. The van der Waals surface area contributed by atoms with Crippen LogP contribution in [0, 0.1) is 12.8 Å². The van der Waals surface area contributed by atoms with E-state index in [9.17, 15) is 22.8 Å². The first-order valence-corrected chi connectivity index (χ1v) is 10.3. The van der Waals surface area contributed by atoms with E-state index < -0.39 is 24.2 Å². The highest BCUT2D eigenvalue weighted by Crippen LogP contribution is 2.33. The number of alkyl halides is 3. The molecule has 2 atom stereocenters. The summed E-state index contributed by atoms with van der Waals surface area (Å²) >= 11 is 0. The molecule has 1 aliphatic heterocycles. The zero-order valence-corrected chi connectivity index (χ0v) is 18.1. The van der Waals surface area contributed by atoms with E-state index in [1.165, 1.54) is 33.7 Å². The SMILES string of the molecule is Cc1cc(N2CC(C(C)C)OC2=O)nc2c(C(=O)NC(c3ccccc3)C(F)(F)F)cnn12. The number of hydrogen-bond donors (Lipinski definition) is 1. The van der Waals surface area contributed by atoms with Crippen LogP contribution < -0.4 is 10.2 Å². The van der Waals surface area contributed by atoms with Gasteiger partial charge in [0.2, 0.25) is 0 Å². The number of anilines is 1. The van der Waals surface area contributed by atoms with Crippen LogP contribution in [0.15, 0.2) is 42.6 Å². The number of carbonyl (C=O) groups excluding carboxylic acids is 2. The topological polar surface area (TPSA) is 88.8 Å². The molecular formula is C22H22F3N5O3. The number of amides is 2. The van der Waals surface area contributed by atoms with Gasteiger partial charge in [-0.05, 0) is 18.4 Å². The normalized spacial score (nSPS) is 17.5. The summed E-state index contributed by atoms with van der Waals surface area (Å²) in [6.07, 6.45) is -4.44. The number of nitrogens with one attached hydrogen (secondary N) is 1. The Balaban J connectivity index is 1.68. The lowest BCUT2D eigenvalue weighted by Crippen LogP contribution is -2.38. The van der Waals surface area contributed by atoms with Crippen molar-refractivity contribution in [3.8, 4) is 0 Å². The second-order valence-corrected chi connectivity index (χ2v) is 8.18. The summed E-state index contributed by atoms with van der Waals surface area (Å²) in [4.78, 5) is 30.9. The van der Waals surface area contributed by atoms with Crippen LogP contribution in [0.3, 0.4) is 0 Å². The van der Waals surface area contributed by atoms with Crippen molar-refractivity contribution in [1.82, 2.24) is 19.9 Å². The first kappa shape index (κ1) is 22.6. The molecule has 0 spiro atoms. The van der Waals surface area contributed by atoms with Crippen LogP contribution in [-0.2, 0) is 4.74 Å². The van der Waals surface area contributed by atoms with Gasteiger partial charge in [-0.25, -0.2) is 14.3 Å². The Kier molecular flexibility index (Phi) is 5.73. The van der Waals surface area contributed by atoms with Crippen LogP contribution in [-0.4, -0.2) is 45.4 Å². The molecule has 1 N–H and O–H groups in total. The Morgan fingerprint density at radius 1 is 1.24 bits per heavy atom.